The summed E-state index contributed by atoms with van der Waals surface area (Å²) in [6, 6.07) is 0.454. The minimum atomic E-state index is 0.344. The fourth-order valence-corrected chi connectivity index (χ4v) is 3.07. The third kappa shape index (κ3) is 3.61. The number of amides is 1. The number of likely N-dealkylation sites (tertiary alicyclic amines) is 1. The van der Waals surface area contributed by atoms with Gasteiger partial charge < -0.3 is 9.47 Å². The van der Waals surface area contributed by atoms with Crippen LogP contribution in [0.5, 0.6) is 0 Å². The zero-order chi connectivity index (χ0) is 14.8. The number of hydrogen-bond acceptors (Lipinski definition) is 4. The standard InChI is InChI=1S/C15H25N5O/c1-18(10-14-17-16-11-19(14)2)13-5-6-15(21)20(8-7-13)9-12-3-4-12/h11-13H,3-10H2,1-2H3. The molecule has 1 unspecified atom stereocenters. The van der Waals surface area contributed by atoms with Crippen molar-refractivity contribution in [3.05, 3.63) is 12.2 Å². The molecule has 1 atom stereocenters. The Bertz CT molecular complexity index is 496. The lowest BCUT2D eigenvalue weighted by molar-refractivity contribution is -0.130. The molecule has 2 fully saturated rings. The summed E-state index contributed by atoms with van der Waals surface area (Å²) < 4.78 is 1.96. The highest BCUT2D eigenvalue weighted by Gasteiger charge is 2.30. The highest BCUT2D eigenvalue weighted by atomic mass is 16.2. The third-order valence-corrected chi connectivity index (χ3v) is 4.77. The first-order valence-corrected chi connectivity index (χ1v) is 7.94. The summed E-state index contributed by atoms with van der Waals surface area (Å²) >= 11 is 0. The number of aryl methyl sites for hydroxylation is 1. The van der Waals surface area contributed by atoms with Gasteiger partial charge >= 0.3 is 0 Å². The van der Waals surface area contributed by atoms with E-state index in [-0.39, 0.29) is 0 Å². The maximum Gasteiger partial charge on any atom is 0.222 e. The van der Waals surface area contributed by atoms with Crippen molar-refractivity contribution in [2.75, 3.05) is 20.1 Å². The highest BCUT2D eigenvalue weighted by molar-refractivity contribution is 5.76. The van der Waals surface area contributed by atoms with Crippen LogP contribution in [-0.4, -0.2) is 56.7 Å². The summed E-state index contributed by atoms with van der Waals surface area (Å²) in [6.07, 6.45) is 7.04. The van der Waals surface area contributed by atoms with Gasteiger partial charge in [0.15, 0.2) is 0 Å². The number of carbonyl (C=O) groups is 1. The molecule has 2 heterocycles. The van der Waals surface area contributed by atoms with Crippen LogP contribution in [0.3, 0.4) is 0 Å². The molecule has 1 saturated heterocycles. The quantitative estimate of drug-likeness (QED) is 0.813. The van der Waals surface area contributed by atoms with Crippen LogP contribution in [0.15, 0.2) is 6.33 Å². The molecule has 1 saturated carbocycles. The number of aromatic nitrogens is 3. The molecule has 1 amide bonds. The molecule has 1 aliphatic heterocycles. The van der Waals surface area contributed by atoms with Crippen LogP contribution >= 0.6 is 0 Å². The third-order valence-electron chi connectivity index (χ3n) is 4.77. The van der Waals surface area contributed by atoms with Crippen LogP contribution in [0.1, 0.15) is 37.9 Å². The van der Waals surface area contributed by atoms with Crippen molar-refractivity contribution in [2.45, 2.75) is 44.7 Å². The van der Waals surface area contributed by atoms with Gasteiger partial charge in [-0.25, -0.2) is 0 Å². The molecule has 1 aliphatic carbocycles. The van der Waals surface area contributed by atoms with Gasteiger partial charge in [0, 0.05) is 32.6 Å². The average Bonchev–Trinajstić information content (AvgIpc) is 3.22. The molecule has 1 aromatic rings. The Morgan fingerprint density at radius 1 is 1.33 bits per heavy atom. The highest BCUT2D eigenvalue weighted by Crippen LogP contribution is 2.31. The SMILES string of the molecule is CN(Cc1nncn1C)C1CCC(=O)N(CC2CC2)CC1. The van der Waals surface area contributed by atoms with Crippen molar-refractivity contribution in [3.63, 3.8) is 0 Å². The van der Waals surface area contributed by atoms with Crippen LogP contribution < -0.4 is 0 Å². The van der Waals surface area contributed by atoms with E-state index in [4.69, 9.17) is 0 Å². The van der Waals surface area contributed by atoms with Crippen LogP contribution in [0.4, 0.5) is 0 Å². The summed E-state index contributed by atoms with van der Waals surface area (Å²) in [4.78, 5) is 16.6. The molecule has 0 spiro atoms. The molecule has 0 radical (unpaired) electrons. The lowest BCUT2D eigenvalue weighted by Crippen LogP contribution is -2.34. The monoisotopic (exact) mass is 291 g/mol. The van der Waals surface area contributed by atoms with Crippen LogP contribution in [0.25, 0.3) is 0 Å². The average molecular weight is 291 g/mol. The van der Waals surface area contributed by atoms with Gasteiger partial charge in [0.05, 0.1) is 6.54 Å². The molecule has 0 N–H and O–H groups in total. The van der Waals surface area contributed by atoms with E-state index in [1.54, 1.807) is 6.33 Å². The van der Waals surface area contributed by atoms with E-state index in [1.807, 2.05) is 11.6 Å². The van der Waals surface area contributed by atoms with E-state index in [0.29, 0.717) is 18.4 Å². The lowest BCUT2D eigenvalue weighted by atomic mass is 10.1. The van der Waals surface area contributed by atoms with Gasteiger partial charge in [0.25, 0.3) is 0 Å². The van der Waals surface area contributed by atoms with Crippen molar-refractivity contribution in [1.29, 1.82) is 0 Å². The first-order valence-electron chi connectivity index (χ1n) is 7.94. The molecule has 6 heteroatoms. The van der Waals surface area contributed by atoms with E-state index >= 15 is 0 Å². The largest absolute Gasteiger partial charge is 0.342 e. The van der Waals surface area contributed by atoms with Gasteiger partial charge in [-0.1, -0.05) is 0 Å². The molecule has 1 aromatic heterocycles. The Morgan fingerprint density at radius 3 is 2.81 bits per heavy atom. The summed E-state index contributed by atoms with van der Waals surface area (Å²) in [7, 11) is 4.09. The summed E-state index contributed by atoms with van der Waals surface area (Å²) in [5, 5.41) is 8.07. The van der Waals surface area contributed by atoms with Gasteiger partial charge in [0.1, 0.15) is 12.2 Å². The molecule has 2 aliphatic rings. The minimum absolute atomic E-state index is 0.344. The molecule has 6 nitrogen and oxygen atoms in total. The zero-order valence-electron chi connectivity index (χ0n) is 13.0. The predicted octanol–water partition coefficient (Wildman–Crippen LogP) is 1.04. The summed E-state index contributed by atoms with van der Waals surface area (Å²) in [5.41, 5.74) is 0. The van der Waals surface area contributed by atoms with Crippen molar-refractivity contribution in [2.24, 2.45) is 13.0 Å². The smallest absolute Gasteiger partial charge is 0.222 e. The van der Waals surface area contributed by atoms with Gasteiger partial charge in [-0.3, -0.25) is 9.69 Å². The maximum absolute atomic E-state index is 12.2. The Labute approximate surface area is 126 Å². The molecule has 3 rings (SSSR count). The minimum Gasteiger partial charge on any atom is -0.342 e. The molecule has 0 aromatic carbocycles. The summed E-state index contributed by atoms with van der Waals surface area (Å²) in [5.74, 6) is 2.10. The normalized spacial score (nSPS) is 23.7. The number of carbonyl (C=O) groups excluding carboxylic acids is 1. The Morgan fingerprint density at radius 2 is 2.14 bits per heavy atom. The maximum atomic E-state index is 12.2. The Kier molecular flexibility index (Phi) is 4.24. The van der Waals surface area contributed by atoms with Crippen LogP contribution in [0, 0.1) is 5.92 Å². The van der Waals surface area contributed by atoms with Crippen LogP contribution in [-0.2, 0) is 18.4 Å². The fraction of sp³-hybridized carbons (Fsp3) is 0.800. The van der Waals surface area contributed by atoms with E-state index in [2.05, 4.69) is 27.0 Å². The second-order valence-electron chi connectivity index (χ2n) is 6.54. The predicted molar refractivity (Wildman–Crippen MR) is 79.4 cm³/mol. The van der Waals surface area contributed by atoms with Gasteiger partial charge in [-0.15, -0.1) is 10.2 Å². The molecular weight excluding hydrogens is 266 g/mol. The topological polar surface area (TPSA) is 54.3 Å². The van der Waals surface area contributed by atoms with Crippen molar-refractivity contribution in [3.8, 4) is 0 Å². The van der Waals surface area contributed by atoms with Gasteiger partial charge in [0.2, 0.25) is 5.91 Å². The van der Waals surface area contributed by atoms with Crippen molar-refractivity contribution in [1.82, 2.24) is 24.6 Å². The second kappa shape index (κ2) is 6.13. The molecule has 0 bridgehead atoms. The van der Waals surface area contributed by atoms with Crippen molar-refractivity contribution < 1.29 is 4.79 Å². The van der Waals surface area contributed by atoms with Crippen molar-refractivity contribution >= 4 is 5.91 Å². The van der Waals surface area contributed by atoms with Crippen LogP contribution in [0.2, 0.25) is 0 Å². The fourth-order valence-electron chi connectivity index (χ4n) is 3.07. The molecular formula is C15H25N5O. The van der Waals surface area contributed by atoms with E-state index < -0.39 is 0 Å². The first-order chi connectivity index (χ1) is 10.1. The Hall–Kier alpha value is -1.43. The van der Waals surface area contributed by atoms with E-state index in [0.717, 1.165) is 44.2 Å². The lowest BCUT2D eigenvalue weighted by Gasteiger charge is -2.26. The molecule has 21 heavy (non-hydrogen) atoms. The summed E-state index contributed by atoms with van der Waals surface area (Å²) in [6.45, 7) is 2.68. The van der Waals surface area contributed by atoms with Gasteiger partial charge in [-0.2, -0.15) is 0 Å². The van der Waals surface area contributed by atoms with Gasteiger partial charge in [-0.05, 0) is 38.6 Å². The number of nitrogens with zero attached hydrogens (tertiary/aromatic N) is 5. The van der Waals surface area contributed by atoms with E-state index in [1.165, 1.54) is 12.8 Å². The zero-order valence-corrected chi connectivity index (χ0v) is 13.0. The first kappa shape index (κ1) is 14.5. The molecule has 116 valence electrons. The second-order valence-corrected chi connectivity index (χ2v) is 6.54. The van der Waals surface area contributed by atoms with E-state index in [9.17, 15) is 4.79 Å². The number of hydrogen-bond donors (Lipinski definition) is 0. The number of rotatable bonds is 5. The Balaban J connectivity index is 1.55.